The lowest BCUT2D eigenvalue weighted by atomic mass is 10.4. The number of rotatable bonds is 8. The molecule has 0 nitrogen and oxygen atoms in total. The van der Waals surface area contributed by atoms with Crippen LogP contribution in [0.25, 0.3) is 0 Å². The zero-order valence-electron chi connectivity index (χ0n) is 14.9. The predicted molar refractivity (Wildman–Crippen MR) is 121 cm³/mol. The first-order chi connectivity index (χ1) is 12.7. The highest BCUT2D eigenvalue weighted by atomic mass is 79.9. The van der Waals surface area contributed by atoms with E-state index in [2.05, 4.69) is 91.0 Å². The summed E-state index contributed by atoms with van der Waals surface area (Å²) in [4.78, 5) is 0. The largest absolute Gasteiger partial charge is 1.00 e. The molecular weight excluding hydrogens is 474 g/mol. The lowest BCUT2D eigenvalue weighted by molar-refractivity contribution is -0.00000486. The highest BCUT2D eigenvalue weighted by molar-refractivity contribution is 7.95. The van der Waals surface area contributed by atoms with Gasteiger partial charge in [-0.3, -0.25) is 0 Å². The number of hydrogen-bond donors (Lipinski definition) is 0. The summed E-state index contributed by atoms with van der Waals surface area (Å²) < 4.78 is -0.243. The molecule has 0 amide bonds. The minimum Gasteiger partial charge on any atom is -1.00 e. The molecule has 0 unspecified atom stereocenters. The molecule has 0 aliphatic rings. The van der Waals surface area contributed by atoms with E-state index in [9.17, 15) is 0 Å². The van der Waals surface area contributed by atoms with E-state index in [1.165, 1.54) is 15.9 Å². The maximum Gasteiger partial charge on any atom is 0.112 e. The van der Waals surface area contributed by atoms with Crippen LogP contribution < -0.4 is 32.9 Å². The minimum absolute atomic E-state index is 0. The molecule has 0 saturated carbocycles. The first-order valence-corrected chi connectivity index (χ1v) is 12.9. The van der Waals surface area contributed by atoms with Gasteiger partial charge in [-0.1, -0.05) is 60.6 Å². The summed E-state index contributed by atoms with van der Waals surface area (Å²) in [6.45, 7) is 0. The third-order valence-corrected chi connectivity index (χ3v) is 11.0. The Hall–Kier alpha value is -0.633. The van der Waals surface area contributed by atoms with Crippen LogP contribution in [0.4, 0.5) is 0 Å². The molecule has 0 saturated heterocycles. The third-order valence-electron chi connectivity index (χ3n) is 4.56. The fourth-order valence-electron chi connectivity index (χ4n) is 3.41. The predicted octanol–water partition coefficient (Wildman–Crippen LogP) is 2.26. The van der Waals surface area contributed by atoms with Gasteiger partial charge in [0.2, 0.25) is 0 Å². The maximum absolute atomic E-state index is 5.97. The number of alkyl halides is 2. The van der Waals surface area contributed by atoms with Gasteiger partial charge in [-0.05, 0) is 42.8 Å². The Kier molecular flexibility index (Phi) is 9.56. The van der Waals surface area contributed by atoms with Gasteiger partial charge < -0.3 is 17.0 Å². The average Bonchev–Trinajstić information content (AvgIpc) is 2.70. The van der Waals surface area contributed by atoms with Crippen LogP contribution in [-0.2, 0) is 0 Å². The van der Waals surface area contributed by atoms with Crippen LogP contribution in [0, 0.1) is 0 Å². The molecule has 0 fully saturated rings. The summed E-state index contributed by atoms with van der Waals surface area (Å²) in [7, 11) is -1.10. The van der Waals surface area contributed by atoms with E-state index in [4.69, 9.17) is 23.2 Å². The van der Waals surface area contributed by atoms with Crippen molar-refractivity contribution in [2.45, 2.75) is 16.9 Å². The second-order valence-electron chi connectivity index (χ2n) is 6.15. The van der Waals surface area contributed by atoms with Gasteiger partial charge in [-0.25, -0.2) is 0 Å². The van der Waals surface area contributed by atoms with Crippen LogP contribution in [0.2, 0.25) is 6.04 Å². The maximum atomic E-state index is 5.97. The first kappa shape index (κ1) is 22.7. The lowest BCUT2D eigenvalue weighted by Gasteiger charge is -2.27. The van der Waals surface area contributed by atoms with Gasteiger partial charge in [0, 0.05) is 0 Å². The summed E-state index contributed by atoms with van der Waals surface area (Å²) in [5.41, 5.74) is 0. The summed E-state index contributed by atoms with van der Waals surface area (Å²) in [6, 6.07) is 34.1. The molecule has 0 atom stereocenters. The Balaban J connectivity index is 0.00000261. The molecule has 0 aliphatic heterocycles. The van der Waals surface area contributed by atoms with E-state index < -0.39 is 7.26 Å². The van der Waals surface area contributed by atoms with Gasteiger partial charge in [0.05, 0.1) is 20.1 Å². The second kappa shape index (κ2) is 11.4. The second-order valence-corrected chi connectivity index (χ2v) is 13.1. The SMILES string of the molecule is ClC(Cl)[Si]CCC[P+](c1ccccc1)(c1ccccc1)c1ccccc1.[Br-]. The van der Waals surface area contributed by atoms with Gasteiger partial charge in [0.15, 0.2) is 0 Å². The summed E-state index contributed by atoms with van der Waals surface area (Å²) >= 11 is 11.9. The standard InChI is InChI=1S/C22H22Cl2PSi.BrH/c23-22(24)26-18-10-17-25(19-11-4-1-5-12-19,20-13-6-2-7-14-20)21-15-8-3-9-16-21;/h1-9,11-16,22H,10,17-18H2;1H/q+1;/p-1. The molecule has 3 aromatic rings. The molecular formula is C22H22BrCl2PSi. The number of hydrogen-bond acceptors (Lipinski definition) is 0. The topological polar surface area (TPSA) is 0 Å². The number of halogens is 3. The summed E-state index contributed by atoms with van der Waals surface area (Å²) in [5.74, 6) is 0. The minimum atomic E-state index is -1.69. The summed E-state index contributed by atoms with van der Waals surface area (Å²) in [6.07, 6.45) is 2.26. The van der Waals surface area contributed by atoms with Crippen molar-refractivity contribution in [1.82, 2.24) is 0 Å². The fourth-order valence-corrected chi connectivity index (χ4v) is 9.31. The quantitative estimate of drug-likeness (QED) is 0.194. The lowest BCUT2D eigenvalue weighted by Crippen LogP contribution is -3.00. The fraction of sp³-hybridized carbons (Fsp3) is 0.182. The van der Waals surface area contributed by atoms with Crippen LogP contribution >= 0.6 is 30.5 Å². The van der Waals surface area contributed by atoms with Crippen molar-refractivity contribution in [3.63, 3.8) is 0 Å². The Labute approximate surface area is 186 Å². The van der Waals surface area contributed by atoms with E-state index in [0.717, 1.165) is 18.6 Å². The van der Waals surface area contributed by atoms with Gasteiger partial charge in [-0.15, -0.1) is 23.2 Å². The third kappa shape index (κ3) is 5.68. The van der Waals surface area contributed by atoms with Crippen LogP contribution in [-0.4, -0.2) is 20.1 Å². The van der Waals surface area contributed by atoms with E-state index in [0.29, 0.717) is 9.52 Å². The van der Waals surface area contributed by atoms with Crippen molar-refractivity contribution < 1.29 is 17.0 Å². The van der Waals surface area contributed by atoms with Crippen molar-refractivity contribution in [3.05, 3.63) is 91.0 Å². The van der Waals surface area contributed by atoms with Crippen LogP contribution in [0.5, 0.6) is 0 Å². The van der Waals surface area contributed by atoms with Gasteiger partial charge in [-0.2, -0.15) is 0 Å². The van der Waals surface area contributed by atoms with Crippen molar-refractivity contribution in [2.75, 3.05) is 6.16 Å². The molecule has 0 spiro atoms. The Morgan fingerprint density at radius 2 is 1.04 bits per heavy atom. The number of benzene rings is 3. The smallest absolute Gasteiger partial charge is 0.112 e. The summed E-state index contributed by atoms with van der Waals surface area (Å²) in [5, 5.41) is 4.32. The molecule has 3 rings (SSSR count). The molecule has 3 aromatic carbocycles. The molecule has 27 heavy (non-hydrogen) atoms. The molecule has 2 radical (unpaired) electrons. The normalized spacial score (nSPS) is 11.2. The van der Waals surface area contributed by atoms with Gasteiger partial charge >= 0.3 is 0 Å². The van der Waals surface area contributed by atoms with Gasteiger partial charge in [0.1, 0.15) is 23.2 Å². The zero-order chi connectivity index (χ0) is 18.2. The van der Waals surface area contributed by atoms with E-state index in [1.807, 2.05) is 0 Å². The van der Waals surface area contributed by atoms with Crippen molar-refractivity contribution in [3.8, 4) is 0 Å². The van der Waals surface area contributed by atoms with Gasteiger partial charge in [0.25, 0.3) is 0 Å². The van der Waals surface area contributed by atoms with Crippen molar-refractivity contribution in [1.29, 1.82) is 0 Å². The molecule has 0 bridgehead atoms. The Morgan fingerprint density at radius 3 is 1.37 bits per heavy atom. The highest BCUT2D eigenvalue weighted by Gasteiger charge is 2.44. The molecule has 0 N–H and O–H groups in total. The van der Waals surface area contributed by atoms with E-state index in [1.54, 1.807) is 0 Å². The molecule has 0 aliphatic carbocycles. The Morgan fingerprint density at radius 1 is 0.667 bits per heavy atom. The van der Waals surface area contributed by atoms with E-state index >= 15 is 0 Å². The zero-order valence-corrected chi connectivity index (χ0v) is 19.9. The average molecular weight is 496 g/mol. The first-order valence-electron chi connectivity index (χ1n) is 8.80. The van der Waals surface area contributed by atoms with Crippen LogP contribution in [0.1, 0.15) is 6.42 Å². The van der Waals surface area contributed by atoms with E-state index in [-0.39, 0.29) is 21.4 Å². The molecule has 5 heteroatoms. The molecule has 0 aromatic heterocycles. The van der Waals surface area contributed by atoms with Crippen molar-refractivity contribution in [2.24, 2.45) is 0 Å². The van der Waals surface area contributed by atoms with Crippen LogP contribution in [0.3, 0.4) is 0 Å². The van der Waals surface area contributed by atoms with Crippen molar-refractivity contribution >= 4 is 55.9 Å². The Bertz CT molecular complexity index is 689. The monoisotopic (exact) mass is 494 g/mol. The molecule has 0 heterocycles. The molecule has 140 valence electrons. The highest BCUT2D eigenvalue weighted by Crippen LogP contribution is 2.55. The van der Waals surface area contributed by atoms with Crippen LogP contribution in [0.15, 0.2) is 91.0 Å².